The number of methoxy groups -OCH3 is 1. The Labute approximate surface area is 154 Å². The molecule has 26 heavy (non-hydrogen) atoms. The molecule has 1 heterocycles. The number of carbonyl (C=O) groups is 1. The predicted octanol–water partition coefficient (Wildman–Crippen LogP) is 3.58. The minimum atomic E-state index is -0.0871. The summed E-state index contributed by atoms with van der Waals surface area (Å²) in [6, 6.07) is 11.7. The summed E-state index contributed by atoms with van der Waals surface area (Å²) in [5.41, 5.74) is 3.21. The maximum absolute atomic E-state index is 12.3. The molecule has 2 aromatic carbocycles. The van der Waals surface area contributed by atoms with Crippen LogP contribution in [0.2, 0.25) is 0 Å². The average Bonchev–Trinajstić information content (AvgIpc) is 2.66. The highest BCUT2D eigenvalue weighted by molar-refractivity contribution is 5.76. The third kappa shape index (κ3) is 4.28. The Bertz CT molecular complexity index is 788. The van der Waals surface area contributed by atoms with Crippen LogP contribution in [0.25, 0.3) is 0 Å². The lowest BCUT2D eigenvalue weighted by Crippen LogP contribution is -2.27. The van der Waals surface area contributed by atoms with Crippen LogP contribution in [0.15, 0.2) is 36.4 Å². The van der Waals surface area contributed by atoms with Crippen molar-refractivity contribution in [3.8, 4) is 17.2 Å². The van der Waals surface area contributed by atoms with Gasteiger partial charge in [0.2, 0.25) is 5.91 Å². The lowest BCUT2D eigenvalue weighted by Gasteiger charge is -2.21. The molecule has 1 N–H and O–H groups in total. The number of hydrogen-bond acceptors (Lipinski definition) is 4. The number of carbonyl (C=O) groups excluding carboxylic acids is 1. The van der Waals surface area contributed by atoms with Crippen LogP contribution in [-0.4, -0.2) is 26.2 Å². The number of ether oxygens (including phenoxy) is 3. The standard InChI is InChI=1S/C21H25NO4/c1-14-12-16(4-7-18(14)24-3)5-9-21(23)22-15(2)17-6-8-19-20(13-17)26-11-10-25-19/h4,6-8,12-13,15H,5,9-11H2,1-3H3,(H,22,23)/t15-/m1/s1. The van der Waals surface area contributed by atoms with Gasteiger partial charge in [0.1, 0.15) is 19.0 Å². The van der Waals surface area contributed by atoms with E-state index in [0.29, 0.717) is 26.1 Å². The quantitative estimate of drug-likeness (QED) is 0.860. The molecule has 2 aromatic rings. The normalized spacial score (nSPS) is 13.8. The second-order valence-corrected chi connectivity index (χ2v) is 6.50. The molecule has 0 saturated heterocycles. The van der Waals surface area contributed by atoms with Gasteiger partial charge < -0.3 is 19.5 Å². The van der Waals surface area contributed by atoms with Gasteiger partial charge in [0.15, 0.2) is 11.5 Å². The van der Waals surface area contributed by atoms with E-state index in [-0.39, 0.29) is 11.9 Å². The number of hydrogen-bond donors (Lipinski definition) is 1. The Balaban J connectivity index is 1.55. The summed E-state index contributed by atoms with van der Waals surface area (Å²) in [4.78, 5) is 12.3. The Morgan fingerprint density at radius 1 is 1.15 bits per heavy atom. The second kappa shape index (κ2) is 8.13. The summed E-state index contributed by atoms with van der Waals surface area (Å²) in [7, 11) is 1.66. The van der Waals surface area contributed by atoms with Gasteiger partial charge in [-0.3, -0.25) is 4.79 Å². The van der Waals surface area contributed by atoms with Crippen LogP contribution in [0, 0.1) is 6.92 Å². The van der Waals surface area contributed by atoms with Crippen molar-refractivity contribution < 1.29 is 19.0 Å². The summed E-state index contributed by atoms with van der Waals surface area (Å²) >= 11 is 0. The summed E-state index contributed by atoms with van der Waals surface area (Å²) in [6.07, 6.45) is 1.14. The largest absolute Gasteiger partial charge is 0.496 e. The summed E-state index contributed by atoms with van der Waals surface area (Å²) in [5.74, 6) is 2.39. The first-order valence-corrected chi connectivity index (χ1v) is 8.89. The molecule has 0 spiro atoms. The van der Waals surface area contributed by atoms with Crippen LogP contribution in [0.5, 0.6) is 17.2 Å². The van der Waals surface area contributed by atoms with Crippen molar-refractivity contribution >= 4 is 5.91 Å². The van der Waals surface area contributed by atoms with Gasteiger partial charge in [-0.1, -0.05) is 18.2 Å². The molecule has 0 fully saturated rings. The van der Waals surface area contributed by atoms with E-state index in [1.165, 1.54) is 0 Å². The molecular formula is C21H25NO4. The Morgan fingerprint density at radius 2 is 1.92 bits per heavy atom. The molecule has 0 saturated carbocycles. The van der Waals surface area contributed by atoms with Crippen molar-refractivity contribution in [2.24, 2.45) is 0 Å². The molecule has 1 aliphatic heterocycles. The predicted molar refractivity (Wildman–Crippen MR) is 100 cm³/mol. The molecule has 0 unspecified atom stereocenters. The number of nitrogens with one attached hydrogen (secondary N) is 1. The fourth-order valence-corrected chi connectivity index (χ4v) is 3.08. The monoisotopic (exact) mass is 355 g/mol. The van der Waals surface area contributed by atoms with E-state index in [1.54, 1.807) is 7.11 Å². The minimum absolute atomic E-state index is 0.0286. The maximum Gasteiger partial charge on any atom is 0.220 e. The lowest BCUT2D eigenvalue weighted by atomic mass is 10.0. The van der Waals surface area contributed by atoms with Gasteiger partial charge in [0.25, 0.3) is 0 Å². The zero-order chi connectivity index (χ0) is 18.5. The molecule has 5 nitrogen and oxygen atoms in total. The number of amides is 1. The van der Waals surface area contributed by atoms with Crippen molar-refractivity contribution in [3.63, 3.8) is 0 Å². The van der Waals surface area contributed by atoms with Crippen molar-refractivity contribution in [1.29, 1.82) is 0 Å². The highest BCUT2D eigenvalue weighted by Gasteiger charge is 2.16. The van der Waals surface area contributed by atoms with E-state index in [2.05, 4.69) is 11.4 Å². The van der Waals surface area contributed by atoms with Gasteiger partial charge in [-0.15, -0.1) is 0 Å². The molecule has 1 aliphatic rings. The third-order valence-corrected chi connectivity index (χ3v) is 4.54. The Kier molecular flexibility index (Phi) is 5.66. The molecule has 138 valence electrons. The first-order valence-electron chi connectivity index (χ1n) is 8.89. The summed E-state index contributed by atoms with van der Waals surface area (Å²) in [5, 5.41) is 3.05. The van der Waals surface area contributed by atoms with Gasteiger partial charge >= 0.3 is 0 Å². The SMILES string of the molecule is COc1ccc(CCC(=O)N[C@H](C)c2ccc3c(c2)OCCO3)cc1C. The average molecular weight is 355 g/mol. The smallest absolute Gasteiger partial charge is 0.220 e. The lowest BCUT2D eigenvalue weighted by molar-refractivity contribution is -0.121. The van der Waals surface area contributed by atoms with E-state index in [0.717, 1.165) is 33.9 Å². The topological polar surface area (TPSA) is 56.8 Å². The zero-order valence-electron chi connectivity index (χ0n) is 15.5. The summed E-state index contributed by atoms with van der Waals surface area (Å²) < 4.78 is 16.4. The number of aryl methyl sites for hydroxylation is 2. The van der Waals surface area contributed by atoms with Crippen molar-refractivity contribution in [2.45, 2.75) is 32.7 Å². The van der Waals surface area contributed by atoms with E-state index in [1.807, 2.05) is 44.2 Å². The molecule has 5 heteroatoms. The highest BCUT2D eigenvalue weighted by atomic mass is 16.6. The number of benzene rings is 2. The van der Waals surface area contributed by atoms with Gasteiger partial charge in [-0.25, -0.2) is 0 Å². The molecule has 0 aromatic heterocycles. The van der Waals surface area contributed by atoms with Crippen LogP contribution in [0.3, 0.4) is 0 Å². The second-order valence-electron chi connectivity index (χ2n) is 6.50. The van der Waals surface area contributed by atoms with Crippen molar-refractivity contribution in [3.05, 3.63) is 53.1 Å². The van der Waals surface area contributed by atoms with Gasteiger partial charge in [0.05, 0.1) is 13.2 Å². The van der Waals surface area contributed by atoms with Gasteiger partial charge in [0, 0.05) is 6.42 Å². The van der Waals surface area contributed by atoms with Crippen LogP contribution in [0.4, 0.5) is 0 Å². The van der Waals surface area contributed by atoms with Crippen molar-refractivity contribution in [2.75, 3.05) is 20.3 Å². The molecule has 0 bridgehead atoms. The fraction of sp³-hybridized carbons (Fsp3) is 0.381. The van der Waals surface area contributed by atoms with Crippen LogP contribution >= 0.6 is 0 Å². The summed E-state index contributed by atoms with van der Waals surface area (Å²) in [6.45, 7) is 5.11. The number of rotatable bonds is 6. The fourth-order valence-electron chi connectivity index (χ4n) is 3.08. The van der Waals surface area contributed by atoms with Crippen LogP contribution in [-0.2, 0) is 11.2 Å². The highest BCUT2D eigenvalue weighted by Crippen LogP contribution is 2.32. The first kappa shape index (κ1) is 18.1. The van der Waals surface area contributed by atoms with E-state index >= 15 is 0 Å². The molecule has 1 atom stereocenters. The zero-order valence-corrected chi connectivity index (χ0v) is 15.5. The molecule has 0 aliphatic carbocycles. The first-order chi connectivity index (χ1) is 12.6. The maximum atomic E-state index is 12.3. The molecule has 3 rings (SSSR count). The van der Waals surface area contributed by atoms with Gasteiger partial charge in [-0.2, -0.15) is 0 Å². The van der Waals surface area contributed by atoms with Crippen LogP contribution < -0.4 is 19.5 Å². The molecule has 0 radical (unpaired) electrons. The number of fused-ring (bicyclic) bond motifs is 1. The van der Waals surface area contributed by atoms with Gasteiger partial charge in [-0.05, 0) is 55.2 Å². The molecule has 1 amide bonds. The van der Waals surface area contributed by atoms with E-state index in [4.69, 9.17) is 14.2 Å². The Morgan fingerprint density at radius 3 is 2.65 bits per heavy atom. The Hall–Kier alpha value is -2.69. The van der Waals surface area contributed by atoms with E-state index in [9.17, 15) is 4.79 Å². The minimum Gasteiger partial charge on any atom is -0.496 e. The van der Waals surface area contributed by atoms with Crippen LogP contribution in [0.1, 0.15) is 36.1 Å². The molecular weight excluding hydrogens is 330 g/mol. The third-order valence-electron chi connectivity index (χ3n) is 4.54. The van der Waals surface area contributed by atoms with Crippen molar-refractivity contribution in [1.82, 2.24) is 5.32 Å². The van der Waals surface area contributed by atoms with E-state index < -0.39 is 0 Å².